The van der Waals surface area contributed by atoms with Crippen molar-refractivity contribution in [2.45, 2.75) is 45.3 Å². The van der Waals surface area contributed by atoms with Gasteiger partial charge >= 0.3 is 0 Å². The summed E-state index contributed by atoms with van der Waals surface area (Å²) in [6.45, 7) is 5.38. The number of rotatable bonds is 4. The highest BCUT2D eigenvalue weighted by Gasteiger charge is 2.41. The summed E-state index contributed by atoms with van der Waals surface area (Å²) < 4.78 is 13.4. The van der Waals surface area contributed by atoms with Gasteiger partial charge in [-0.05, 0) is 68.5 Å². The summed E-state index contributed by atoms with van der Waals surface area (Å²) in [6.07, 6.45) is 3.04. The maximum atomic E-state index is 13.4. The number of nitrogens with zero attached hydrogens (tertiary/aromatic N) is 2. The molecular formula is C19H26ClFN2O2. The third-order valence-electron chi connectivity index (χ3n) is 5.55. The number of hydrogen-bond donors (Lipinski definition) is 1. The second-order valence-corrected chi connectivity index (χ2v) is 8.04. The fourth-order valence-corrected chi connectivity index (χ4v) is 4.26. The Morgan fingerprint density at radius 1 is 1.32 bits per heavy atom. The lowest BCUT2D eigenvalue weighted by Gasteiger charge is -2.47. The molecule has 0 radical (unpaired) electrons. The van der Waals surface area contributed by atoms with Gasteiger partial charge in [-0.25, -0.2) is 4.39 Å². The first-order chi connectivity index (χ1) is 11.9. The predicted molar refractivity (Wildman–Crippen MR) is 95.8 cm³/mol. The Hall–Kier alpha value is -1.17. The highest BCUT2D eigenvalue weighted by atomic mass is 35.5. The normalized spacial score (nSPS) is 22.4. The van der Waals surface area contributed by atoms with Gasteiger partial charge < -0.3 is 10.0 Å². The molecule has 0 unspecified atom stereocenters. The minimum Gasteiger partial charge on any atom is -0.392 e. The van der Waals surface area contributed by atoms with Crippen LogP contribution in [0.5, 0.6) is 0 Å². The first-order valence-electron chi connectivity index (χ1n) is 8.99. The number of carbonyl (C=O) groups excluding carboxylic acids is 1. The number of β-amino-alcohol motifs (C(OH)–C–C–N with tert-alkyl or cyclic N) is 1. The SMILES string of the molecule is C[C@H](O)CN1CC2(CCC1=O)CCN(Cc1cc(F)ccc1Cl)CC2. The fraction of sp³-hybridized carbons (Fsp3) is 0.632. The van der Waals surface area contributed by atoms with Crippen LogP contribution in [0.2, 0.25) is 5.02 Å². The Kier molecular flexibility index (Phi) is 5.66. The Labute approximate surface area is 153 Å². The first kappa shape index (κ1) is 18.6. The van der Waals surface area contributed by atoms with Crippen molar-refractivity contribution in [1.29, 1.82) is 0 Å². The smallest absolute Gasteiger partial charge is 0.222 e. The number of carbonyl (C=O) groups is 1. The van der Waals surface area contributed by atoms with E-state index in [-0.39, 0.29) is 17.1 Å². The van der Waals surface area contributed by atoms with E-state index in [1.54, 1.807) is 13.0 Å². The summed E-state index contributed by atoms with van der Waals surface area (Å²) in [6, 6.07) is 4.50. The largest absolute Gasteiger partial charge is 0.392 e. The molecule has 1 spiro atoms. The van der Waals surface area contributed by atoms with Gasteiger partial charge in [-0.1, -0.05) is 11.6 Å². The molecule has 4 nitrogen and oxygen atoms in total. The van der Waals surface area contributed by atoms with Crippen molar-refractivity contribution >= 4 is 17.5 Å². The molecule has 0 saturated carbocycles. The van der Waals surface area contributed by atoms with E-state index in [1.807, 2.05) is 4.90 Å². The van der Waals surface area contributed by atoms with E-state index < -0.39 is 6.10 Å². The van der Waals surface area contributed by atoms with Crippen LogP contribution in [0.4, 0.5) is 4.39 Å². The molecule has 1 aromatic carbocycles. The monoisotopic (exact) mass is 368 g/mol. The highest BCUT2D eigenvalue weighted by molar-refractivity contribution is 6.31. The molecule has 2 aliphatic rings. The molecule has 0 aromatic heterocycles. The highest BCUT2D eigenvalue weighted by Crippen LogP contribution is 2.40. The van der Waals surface area contributed by atoms with Crippen molar-refractivity contribution in [2.24, 2.45) is 5.41 Å². The van der Waals surface area contributed by atoms with E-state index >= 15 is 0 Å². The number of aliphatic hydroxyl groups is 1. The van der Waals surface area contributed by atoms with Crippen LogP contribution in [0.3, 0.4) is 0 Å². The minimum atomic E-state index is -0.491. The molecule has 2 heterocycles. The Morgan fingerprint density at radius 2 is 2.04 bits per heavy atom. The number of likely N-dealkylation sites (tertiary alicyclic amines) is 2. The van der Waals surface area contributed by atoms with Crippen LogP contribution < -0.4 is 0 Å². The molecule has 0 aliphatic carbocycles. The van der Waals surface area contributed by atoms with Gasteiger partial charge in [0.2, 0.25) is 5.91 Å². The zero-order valence-corrected chi connectivity index (χ0v) is 15.4. The van der Waals surface area contributed by atoms with Gasteiger partial charge in [-0.2, -0.15) is 0 Å². The van der Waals surface area contributed by atoms with Crippen LogP contribution >= 0.6 is 11.6 Å². The quantitative estimate of drug-likeness (QED) is 0.888. The minimum absolute atomic E-state index is 0.153. The average Bonchev–Trinajstić information content (AvgIpc) is 2.56. The number of benzene rings is 1. The molecule has 2 aliphatic heterocycles. The van der Waals surface area contributed by atoms with Crippen molar-refractivity contribution < 1.29 is 14.3 Å². The predicted octanol–water partition coefficient (Wildman–Crippen LogP) is 3.06. The van der Waals surface area contributed by atoms with Crippen molar-refractivity contribution in [1.82, 2.24) is 9.80 Å². The molecule has 138 valence electrons. The van der Waals surface area contributed by atoms with Crippen molar-refractivity contribution in [3.05, 3.63) is 34.6 Å². The molecule has 1 amide bonds. The van der Waals surface area contributed by atoms with E-state index in [9.17, 15) is 14.3 Å². The van der Waals surface area contributed by atoms with Gasteiger partial charge in [0, 0.05) is 31.1 Å². The summed E-state index contributed by atoms with van der Waals surface area (Å²) in [7, 11) is 0. The molecule has 6 heteroatoms. The van der Waals surface area contributed by atoms with E-state index in [1.165, 1.54) is 12.1 Å². The van der Waals surface area contributed by atoms with Gasteiger partial charge in [0.15, 0.2) is 0 Å². The Bertz CT molecular complexity index is 630. The van der Waals surface area contributed by atoms with Crippen LogP contribution in [-0.4, -0.2) is 53.1 Å². The van der Waals surface area contributed by atoms with Gasteiger partial charge in [-0.3, -0.25) is 9.69 Å². The maximum Gasteiger partial charge on any atom is 0.222 e. The van der Waals surface area contributed by atoms with Gasteiger partial charge in [-0.15, -0.1) is 0 Å². The lowest BCUT2D eigenvalue weighted by Crippen LogP contribution is -2.52. The molecule has 1 N–H and O–H groups in total. The van der Waals surface area contributed by atoms with Gasteiger partial charge in [0.1, 0.15) is 5.82 Å². The fourth-order valence-electron chi connectivity index (χ4n) is 4.09. The number of hydrogen-bond acceptors (Lipinski definition) is 3. The van der Waals surface area contributed by atoms with E-state index in [4.69, 9.17) is 11.6 Å². The van der Waals surface area contributed by atoms with Crippen molar-refractivity contribution in [2.75, 3.05) is 26.2 Å². The third kappa shape index (κ3) is 4.52. The number of aliphatic hydroxyl groups excluding tert-OH is 1. The standard InChI is InChI=1S/C19H26ClFN2O2/c1-14(24)11-23-13-19(5-4-18(23)25)6-8-22(9-7-19)12-15-10-16(21)2-3-17(15)20/h2-3,10,14,24H,4-9,11-13H2,1H3/t14-/m0/s1. The van der Waals surface area contributed by atoms with Crippen molar-refractivity contribution in [3.63, 3.8) is 0 Å². The van der Waals surface area contributed by atoms with Gasteiger partial charge in [0.05, 0.1) is 6.10 Å². The number of amides is 1. The molecule has 2 saturated heterocycles. The summed E-state index contributed by atoms with van der Waals surface area (Å²) in [5, 5.41) is 10.2. The van der Waals surface area contributed by atoms with E-state index in [0.717, 1.165) is 44.5 Å². The molecule has 0 bridgehead atoms. The molecule has 25 heavy (non-hydrogen) atoms. The molecule has 2 fully saturated rings. The lowest BCUT2D eigenvalue weighted by atomic mass is 9.72. The summed E-state index contributed by atoms with van der Waals surface area (Å²) in [5.41, 5.74) is 0.984. The summed E-state index contributed by atoms with van der Waals surface area (Å²) in [5.74, 6) is -0.104. The van der Waals surface area contributed by atoms with Crippen LogP contribution in [0.15, 0.2) is 18.2 Å². The number of halogens is 2. The number of piperidine rings is 2. The van der Waals surface area contributed by atoms with Crippen LogP contribution in [0.25, 0.3) is 0 Å². The second kappa shape index (κ2) is 7.60. The van der Waals surface area contributed by atoms with Crippen LogP contribution in [0.1, 0.15) is 38.2 Å². The van der Waals surface area contributed by atoms with Crippen molar-refractivity contribution in [3.8, 4) is 0 Å². The zero-order chi connectivity index (χ0) is 18.0. The summed E-state index contributed by atoms with van der Waals surface area (Å²) >= 11 is 6.18. The topological polar surface area (TPSA) is 43.8 Å². The second-order valence-electron chi connectivity index (χ2n) is 7.64. The molecule has 1 atom stereocenters. The van der Waals surface area contributed by atoms with Crippen LogP contribution in [-0.2, 0) is 11.3 Å². The average molecular weight is 369 g/mol. The molecule has 3 rings (SSSR count). The Morgan fingerprint density at radius 3 is 2.72 bits per heavy atom. The zero-order valence-electron chi connectivity index (χ0n) is 14.7. The maximum absolute atomic E-state index is 13.4. The molecular weight excluding hydrogens is 343 g/mol. The first-order valence-corrected chi connectivity index (χ1v) is 9.37. The summed E-state index contributed by atoms with van der Waals surface area (Å²) in [4.78, 5) is 16.2. The molecule has 1 aromatic rings. The van der Waals surface area contributed by atoms with E-state index in [2.05, 4.69) is 4.90 Å². The third-order valence-corrected chi connectivity index (χ3v) is 5.92. The lowest BCUT2D eigenvalue weighted by molar-refractivity contribution is -0.140. The van der Waals surface area contributed by atoms with Gasteiger partial charge in [0.25, 0.3) is 0 Å². The Balaban J connectivity index is 1.59. The van der Waals surface area contributed by atoms with Crippen LogP contribution in [0, 0.1) is 11.2 Å². The van der Waals surface area contributed by atoms with E-state index in [0.29, 0.717) is 24.5 Å².